The highest BCUT2D eigenvalue weighted by atomic mass is 35.5. The van der Waals surface area contributed by atoms with E-state index in [1.165, 1.54) is 36.4 Å². The zero-order chi connectivity index (χ0) is 29.2. The Balaban J connectivity index is 1.37. The Bertz CT molecular complexity index is 1530. The molecule has 0 amide bonds. The third-order valence-electron chi connectivity index (χ3n) is 6.22. The van der Waals surface area contributed by atoms with Gasteiger partial charge in [0.25, 0.3) is 0 Å². The molecule has 4 rings (SSSR count). The van der Waals surface area contributed by atoms with Gasteiger partial charge in [-0.05, 0) is 71.8 Å². The molecule has 0 aliphatic heterocycles. The number of benzene rings is 4. The summed E-state index contributed by atoms with van der Waals surface area (Å²) in [6.45, 7) is 1.30. The van der Waals surface area contributed by atoms with E-state index in [4.69, 9.17) is 26.2 Å². The van der Waals surface area contributed by atoms with E-state index in [9.17, 15) is 18.3 Å². The summed E-state index contributed by atoms with van der Waals surface area (Å²) in [6.07, 6.45) is -0.736. The fraction of sp³-hybridized carbons (Fsp3) is 0.194. The topological polar surface area (TPSA) is 113 Å². The Kier molecular flexibility index (Phi) is 10.4. The van der Waals surface area contributed by atoms with Crippen molar-refractivity contribution in [2.45, 2.75) is 22.4 Å². The van der Waals surface area contributed by atoms with Crippen LogP contribution in [0.15, 0.2) is 113 Å². The average molecular weight is 596 g/mol. The first kappa shape index (κ1) is 30.1. The summed E-state index contributed by atoms with van der Waals surface area (Å²) in [5.41, 5.74) is 1.83. The number of hydrogen-bond donors (Lipinski definition) is 2. The summed E-state index contributed by atoms with van der Waals surface area (Å²) in [5.74, 6) is -0.351. The lowest BCUT2D eigenvalue weighted by Gasteiger charge is -2.25. The Morgan fingerprint density at radius 1 is 0.829 bits per heavy atom. The Hall–Kier alpha value is -3.89. The molecule has 10 heteroatoms. The Morgan fingerprint density at radius 2 is 1.44 bits per heavy atom. The van der Waals surface area contributed by atoms with Crippen molar-refractivity contribution in [1.29, 1.82) is 0 Å². The van der Waals surface area contributed by atoms with Crippen LogP contribution in [-0.2, 0) is 21.2 Å². The molecule has 41 heavy (non-hydrogen) atoms. The minimum Gasteiger partial charge on any atom is -0.492 e. The number of nitrogens with zero attached hydrogens (tertiary/aromatic N) is 1. The predicted octanol–water partition coefficient (Wildman–Crippen LogP) is 5.25. The normalized spacial score (nSPS) is 12.2. The molecule has 0 spiro atoms. The van der Waals surface area contributed by atoms with Crippen LogP contribution in [0.25, 0.3) is 0 Å². The van der Waals surface area contributed by atoms with Gasteiger partial charge in [-0.25, -0.2) is 13.2 Å². The van der Waals surface area contributed by atoms with Gasteiger partial charge in [-0.1, -0.05) is 54.1 Å². The molecular weight excluding hydrogens is 566 g/mol. The van der Waals surface area contributed by atoms with Crippen molar-refractivity contribution < 1.29 is 32.9 Å². The third-order valence-corrected chi connectivity index (χ3v) is 8.24. The highest BCUT2D eigenvalue weighted by Crippen LogP contribution is 2.25. The predicted molar refractivity (Wildman–Crippen MR) is 155 cm³/mol. The zero-order valence-corrected chi connectivity index (χ0v) is 23.7. The number of halogens is 1. The number of hydrogen-bond acceptors (Lipinski definition) is 7. The summed E-state index contributed by atoms with van der Waals surface area (Å²) in [5, 5.41) is 20.1. The standard InChI is InChI=1S/C31H30ClNO7S/c32-25-8-4-7-24(19-25)30(34)21-33(20-23-5-2-1-3-6-23)17-18-39-26-9-13-28(14-10-26)41(37,38)29-15-11-27(12-16-29)40-22-31(35)36/h1-16,19,30,34H,17-18,20-22H2,(H,35,36)/t30-/m1/s1. The van der Waals surface area contributed by atoms with Crippen molar-refractivity contribution in [3.63, 3.8) is 0 Å². The number of carboxylic acids is 1. The maximum atomic E-state index is 13.0. The Labute approximate surface area is 244 Å². The molecule has 8 nitrogen and oxygen atoms in total. The van der Waals surface area contributed by atoms with Crippen LogP contribution in [0.1, 0.15) is 17.2 Å². The van der Waals surface area contributed by atoms with E-state index < -0.39 is 28.5 Å². The summed E-state index contributed by atoms with van der Waals surface area (Å²) in [7, 11) is -3.79. The second-order valence-corrected chi connectivity index (χ2v) is 11.7. The highest BCUT2D eigenvalue weighted by Gasteiger charge is 2.18. The van der Waals surface area contributed by atoms with Gasteiger partial charge in [0.1, 0.15) is 18.1 Å². The van der Waals surface area contributed by atoms with E-state index in [-0.39, 0.29) is 15.5 Å². The molecular formula is C31H30ClNO7S. The van der Waals surface area contributed by atoms with Crippen LogP contribution in [0.4, 0.5) is 0 Å². The molecule has 4 aromatic carbocycles. The SMILES string of the molecule is O=C(O)COc1ccc(S(=O)(=O)c2ccc(OCCN(Cc3ccccc3)C[C@@H](O)c3cccc(Cl)c3)cc2)cc1. The van der Waals surface area contributed by atoms with Crippen LogP contribution in [-0.4, -0.2) is 55.8 Å². The first-order valence-electron chi connectivity index (χ1n) is 12.8. The minimum absolute atomic E-state index is 0.0589. The lowest BCUT2D eigenvalue weighted by Crippen LogP contribution is -2.32. The van der Waals surface area contributed by atoms with Gasteiger partial charge in [0.05, 0.1) is 15.9 Å². The minimum atomic E-state index is -3.79. The molecule has 0 bridgehead atoms. The molecule has 0 saturated heterocycles. The third kappa shape index (κ3) is 8.80. The number of carboxylic acid groups (broad SMARTS) is 1. The molecule has 0 aromatic heterocycles. The fourth-order valence-corrected chi connectivity index (χ4v) is 5.60. The monoisotopic (exact) mass is 595 g/mol. The maximum Gasteiger partial charge on any atom is 0.341 e. The van der Waals surface area contributed by atoms with Crippen molar-refractivity contribution in [2.75, 3.05) is 26.3 Å². The Morgan fingerprint density at radius 3 is 2.02 bits per heavy atom. The van der Waals surface area contributed by atoms with Gasteiger partial charge in [-0.3, -0.25) is 4.90 Å². The number of aliphatic hydroxyl groups excluding tert-OH is 1. The molecule has 1 atom stereocenters. The number of sulfone groups is 1. The van der Waals surface area contributed by atoms with Gasteiger partial charge in [0.2, 0.25) is 9.84 Å². The molecule has 2 N–H and O–H groups in total. The van der Waals surface area contributed by atoms with Gasteiger partial charge < -0.3 is 19.7 Å². The van der Waals surface area contributed by atoms with Crippen LogP contribution in [0.2, 0.25) is 5.02 Å². The van der Waals surface area contributed by atoms with E-state index in [1.54, 1.807) is 30.3 Å². The second-order valence-electron chi connectivity index (χ2n) is 9.27. The zero-order valence-electron chi connectivity index (χ0n) is 22.1. The first-order valence-corrected chi connectivity index (χ1v) is 14.7. The van der Waals surface area contributed by atoms with E-state index in [2.05, 4.69) is 4.90 Å². The molecule has 0 fully saturated rings. The van der Waals surface area contributed by atoms with Crippen LogP contribution in [0.3, 0.4) is 0 Å². The molecule has 0 radical (unpaired) electrons. The van der Waals surface area contributed by atoms with Gasteiger partial charge in [-0.2, -0.15) is 0 Å². The summed E-state index contributed by atoms with van der Waals surface area (Å²) >= 11 is 6.10. The number of carbonyl (C=O) groups is 1. The van der Waals surface area contributed by atoms with E-state index in [0.717, 1.165) is 11.1 Å². The van der Waals surface area contributed by atoms with Crippen molar-refractivity contribution in [1.82, 2.24) is 4.90 Å². The van der Waals surface area contributed by atoms with Gasteiger partial charge >= 0.3 is 5.97 Å². The van der Waals surface area contributed by atoms with Crippen LogP contribution in [0.5, 0.6) is 11.5 Å². The lowest BCUT2D eigenvalue weighted by atomic mass is 10.1. The summed E-state index contributed by atoms with van der Waals surface area (Å²) < 4.78 is 37.0. The van der Waals surface area contributed by atoms with Crippen LogP contribution >= 0.6 is 11.6 Å². The highest BCUT2D eigenvalue weighted by molar-refractivity contribution is 7.91. The van der Waals surface area contributed by atoms with Crippen molar-refractivity contribution in [3.8, 4) is 11.5 Å². The molecule has 0 unspecified atom stereocenters. The van der Waals surface area contributed by atoms with E-state index >= 15 is 0 Å². The largest absolute Gasteiger partial charge is 0.492 e. The lowest BCUT2D eigenvalue weighted by molar-refractivity contribution is -0.139. The molecule has 214 valence electrons. The quantitative estimate of drug-likeness (QED) is 0.203. The van der Waals surface area contributed by atoms with Crippen LogP contribution < -0.4 is 9.47 Å². The summed E-state index contributed by atoms with van der Waals surface area (Å²) in [4.78, 5) is 12.9. The summed E-state index contributed by atoms with van der Waals surface area (Å²) in [6, 6.07) is 28.8. The molecule has 0 aliphatic rings. The van der Waals surface area contributed by atoms with Crippen molar-refractivity contribution in [3.05, 3.63) is 119 Å². The maximum absolute atomic E-state index is 13.0. The van der Waals surface area contributed by atoms with Crippen molar-refractivity contribution >= 4 is 27.4 Å². The molecule has 0 heterocycles. The van der Waals surface area contributed by atoms with Gasteiger partial charge in [0, 0.05) is 24.7 Å². The van der Waals surface area contributed by atoms with E-state index in [1.807, 2.05) is 36.4 Å². The van der Waals surface area contributed by atoms with E-state index in [0.29, 0.717) is 37.0 Å². The van der Waals surface area contributed by atoms with Gasteiger partial charge in [-0.15, -0.1) is 0 Å². The average Bonchev–Trinajstić information content (AvgIpc) is 2.97. The smallest absolute Gasteiger partial charge is 0.341 e. The second kappa shape index (κ2) is 14.1. The number of ether oxygens (including phenoxy) is 2. The first-order chi connectivity index (χ1) is 19.7. The van der Waals surface area contributed by atoms with Crippen molar-refractivity contribution in [2.24, 2.45) is 0 Å². The van der Waals surface area contributed by atoms with Gasteiger partial charge in [0.15, 0.2) is 6.61 Å². The number of aliphatic carboxylic acids is 1. The fourth-order valence-electron chi connectivity index (χ4n) is 4.14. The molecule has 0 saturated carbocycles. The van der Waals surface area contributed by atoms with Crippen LogP contribution in [0, 0.1) is 0 Å². The molecule has 0 aliphatic carbocycles. The molecule has 4 aromatic rings. The number of aliphatic hydroxyl groups is 1. The number of rotatable bonds is 14.